The Morgan fingerprint density at radius 3 is 2.35 bits per heavy atom. The lowest BCUT2D eigenvalue weighted by molar-refractivity contribution is 0.144. The predicted molar refractivity (Wildman–Crippen MR) is 111 cm³/mol. The van der Waals surface area contributed by atoms with Crippen LogP contribution in [0.15, 0.2) is 6.07 Å². The van der Waals surface area contributed by atoms with Crippen LogP contribution in [0.3, 0.4) is 0 Å². The molecule has 1 aromatic rings. The largest absolute Gasteiger partial charge is 0.383 e. The number of rotatable bonds is 6. The quantitative estimate of drug-likeness (QED) is 0.764. The summed E-state index contributed by atoms with van der Waals surface area (Å²) in [5.41, 5.74) is 7.11. The third kappa shape index (κ3) is 5.57. The monoisotopic (exact) mass is 406 g/mol. The molecule has 2 aliphatic rings. The molecule has 0 unspecified atom stereocenters. The molecular formula is C17H32Cl2N6O. The summed E-state index contributed by atoms with van der Waals surface area (Å²) in [7, 11) is 5.75. The van der Waals surface area contributed by atoms with Gasteiger partial charge in [-0.25, -0.2) is 4.98 Å². The number of nitrogens with zero attached hydrogens (tertiary/aromatic N) is 5. The molecule has 26 heavy (non-hydrogen) atoms. The van der Waals surface area contributed by atoms with Crippen molar-refractivity contribution in [3.05, 3.63) is 11.8 Å². The van der Waals surface area contributed by atoms with Gasteiger partial charge in [0.05, 0.1) is 12.3 Å². The van der Waals surface area contributed by atoms with E-state index in [9.17, 15) is 0 Å². The molecule has 7 nitrogen and oxygen atoms in total. The van der Waals surface area contributed by atoms with E-state index in [1.54, 1.807) is 7.11 Å². The van der Waals surface area contributed by atoms with E-state index in [4.69, 9.17) is 20.4 Å². The van der Waals surface area contributed by atoms with Crippen molar-refractivity contribution in [2.75, 3.05) is 70.3 Å². The third-order valence-corrected chi connectivity index (χ3v) is 5.02. The zero-order chi connectivity index (χ0) is 17.1. The lowest BCUT2D eigenvalue weighted by Gasteiger charge is -2.36. The zero-order valence-corrected chi connectivity index (χ0v) is 17.6. The molecule has 3 rings (SSSR count). The average Bonchev–Trinajstić information content (AvgIpc) is 2.57. The molecular weight excluding hydrogens is 375 g/mol. The van der Waals surface area contributed by atoms with E-state index < -0.39 is 0 Å². The van der Waals surface area contributed by atoms with Crippen LogP contribution >= 0.6 is 24.8 Å². The fraction of sp³-hybridized carbons (Fsp3) is 0.765. The Kier molecular flexibility index (Phi) is 9.33. The highest BCUT2D eigenvalue weighted by Crippen LogP contribution is 2.36. The molecule has 1 aromatic heterocycles. The summed E-state index contributed by atoms with van der Waals surface area (Å²) in [6.07, 6.45) is 2.07. The van der Waals surface area contributed by atoms with E-state index in [0.29, 0.717) is 12.0 Å². The van der Waals surface area contributed by atoms with E-state index >= 15 is 0 Å². The summed E-state index contributed by atoms with van der Waals surface area (Å²) in [5, 5.41) is 0. The highest BCUT2D eigenvalue weighted by Gasteiger charge is 2.30. The summed E-state index contributed by atoms with van der Waals surface area (Å²) in [6.45, 7) is 5.89. The summed E-state index contributed by atoms with van der Waals surface area (Å²) in [4.78, 5) is 16.3. The van der Waals surface area contributed by atoms with Crippen molar-refractivity contribution >= 4 is 36.6 Å². The SMILES string of the molecule is COCCN1CCN(c2cc(C3CC(N)C3)nc(N(C)C)n2)CC1.Cl.Cl. The molecule has 0 amide bonds. The highest BCUT2D eigenvalue weighted by molar-refractivity contribution is 5.85. The maximum absolute atomic E-state index is 5.96. The smallest absolute Gasteiger partial charge is 0.227 e. The topological polar surface area (TPSA) is 70.8 Å². The fourth-order valence-corrected chi connectivity index (χ4v) is 3.34. The number of halogens is 2. The molecule has 1 saturated carbocycles. The fourth-order valence-electron chi connectivity index (χ4n) is 3.34. The number of nitrogens with two attached hydrogens (primary N) is 1. The minimum Gasteiger partial charge on any atom is -0.383 e. The number of anilines is 2. The maximum Gasteiger partial charge on any atom is 0.227 e. The first-order valence-corrected chi connectivity index (χ1v) is 8.85. The molecule has 0 spiro atoms. The third-order valence-electron chi connectivity index (χ3n) is 5.02. The van der Waals surface area contributed by atoms with Gasteiger partial charge in [-0.05, 0) is 12.8 Å². The van der Waals surface area contributed by atoms with E-state index in [1.165, 1.54) is 0 Å². The van der Waals surface area contributed by atoms with Gasteiger partial charge in [0, 0.05) is 72.0 Å². The van der Waals surface area contributed by atoms with Gasteiger partial charge in [0.2, 0.25) is 5.95 Å². The Morgan fingerprint density at radius 2 is 1.81 bits per heavy atom. The Hall–Kier alpha value is -0.860. The van der Waals surface area contributed by atoms with Gasteiger partial charge in [0.1, 0.15) is 5.82 Å². The van der Waals surface area contributed by atoms with Gasteiger partial charge in [-0.3, -0.25) is 4.90 Å². The first-order chi connectivity index (χ1) is 11.6. The first-order valence-electron chi connectivity index (χ1n) is 8.85. The van der Waals surface area contributed by atoms with Crippen molar-refractivity contribution in [3.63, 3.8) is 0 Å². The van der Waals surface area contributed by atoms with Crippen molar-refractivity contribution in [1.29, 1.82) is 0 Å². The molecule has 0 atom stereocenters. The van der Waals surface area contributed by atoms with E-state index in [0.717, 1.165) is 69.6 Å². The van der Waals surface area contributed by atoms with Crippen LogP contribution in [0.25, 0.3) is 0 Å². The molecule has 9 heteroatoms. The summed E-state index contributed by atoms with van der Waals surface area (Å²) < 4.78 is 5.18. The molecule has 0 bridgehead atoms. The van der Waals surface area contributed by atoms with E-state index in [1.807, 2.05) is 19.0 Å². The Bertz CT molecular complexity index is 548. The molecule has 2 fully saturated rings. The van der Waals surface area contributed by atoms with Crippen LogP contribution in [0, 0.1) is 0 Å². The zero-order valence-electron chi connectivity index (χ0n) is 15.9. The summed E-state index contributed by atoms with van der Waals surface area (Å²) >= 11 is 0. The van der Waals surface area contributed by atoms with Crippen LogP contribution in [0.2, 0.25) is 0 Å². The van der Waals surface area contributed by atoms with Crippen molar-refractivity contribution in [2.45, 2.75) is 24.8 Å². The standard InChI is InChI=1S/C17H30N6O.2ClH/c1-21(2)17-19-15(13-10-14(18)11-13)12-16(20-17)23-6-4-22(5-7-23)8-9-24-3;;/h12-14H,4-11,18H2,1-3H3;2*1H. The van der Waals surface area contributed by atoms with Crippen molar-refractivity contribution in [1.82, 2.24) is 14.9 Å². The normalized spacial score (nSPS) is 22.8. The lowest BCUT2D eigenvalue weighted by Crippen LogP contribution is -2.47. The molecule has 0 aromatic carbocycles. The lowest BCUT2D eigenvalue weighted by atomic mass is 9.78. The van der Waals surface area contributed by atoms with Gasteiger partial charge in [-0.2, -0.15) is 4.98 Å². The highest BCUT2D eigenvalue weighted by atomic mass is 35.5. The molecule has 1 aliphatic heterocycles. The number of aromatic nitrogens is 2. The summed E-state index contributed by atoms with van der Waals surface area (Å²) in [5.74, 6) is 2.34. The van der Waals surface area contributed by atoms with Crippen LogP contribution in [0.1, 0.15) is 24.5 Å². The average molecular weight is 407 g/mol. The van der Waals surface area contributed by atoms with Crippen molar-refractivity contribution in [3.8, 4) is 0 Å². The predicted octanol–water partition coefficient (Wildman–Crippen LogP) is 1.36. The number of methoxy groups -OCH3 is 1. The minimum atomic E-state index is 0. The van der Waals surface area contributed by atoms with Gasteiger partial charge in [-0.1, -0.05) is 0 Å². The molecule has 1 saturated heterocycles. The van der Waals surface area contributed by atoms with Gasteiger partial charge in [0.25, 0.3) is 0 Å². The maximum atomic E-state index is 5.96. The number of hydrogen-bond donors (Lipinski definition) is 1. The number of ether oxygens (including phenoxy) is 1. The molecule has 150 valence electrons. The Balaban J connectivity index is 0.00000169. The number of piperazine rings is 1. The van der Waals surface area contributed by atoms with Gasteiger partial charge in [0.15, 0.2) is 0 Å². The second-order valence-electron chi connectivity index (χ2n) is 7.10. The van der Waals surface area contributed by atoms with Crippen LogP contribution in [0.5, 0.6) is 0 Å². The Morgan fingerprint density at radius 1 is 1.15 bits per heavy atom. The van der Waals surface area contributed by atoms with Gasteiger partial charge in [-0.15, -0.1) is 24.8 Å². The molecule has 2 heterocycles. The van der Waals surface area contributed by atoms with E-state index in [-0.39, 0.29) is 24.8 Å². The van der Waals surface area contributed by atoms with E-state index in [2.05, 4.69) is 15.9 Å². The van der Waals surface area contributed by atoms with Crippen LogP contribution < -0.4 is 15.5 Å². The van der Waals surface area contributed by atoms with Crippen LogP contribution in [-0.2, 0) is 4.74 Å². The second kappa shape index (κ2) is 10.5. The molecule has 2 N–H and O–H groups in total. The Labute approximate surface area is 169 Å². The van der Waals surface area contributed by atoms with Crippen LogP contribution in [0.4, 0.5) is 11.8 Å². The number of hydrogen-bond acceptors (Lipinski definition) is 7. The van der Waals surface area contributed by atoms with Crippen molar-refractivity contribution in [2.24, 2.45) is 5.73 Å². The first kappa shape index (κ1) is 23.2. The summed E-state index contributed by atoms with van der Waals surface area (Å²) in [6, 6.07) is 2.51. The molecule has 0 radical (unpaired) electrons. The second-order valence-corrected chi connectivity index (χ2v) is 7.10. The van der Waals surface area contributed by atoms with Gasteiger partial charge >= 0.3 is 0 Å². The molecule has 1 aliphatic carbocycles. The minimum absolute atomic E-state index is 0. The van der Waals surface area contributed by atoms with Gasteiger partial charge < -0.3 is 20.3 Å². The van der Waals surface area contributed by atoms with Crippen LogP contribution in [-0.4, -0.2) is 81.4 Å². The van der Waals surface area contributed by atoms with Crippen molar-refractivity contribution < 1.29 is 4.74 Å².